The summed E-state index contributed by atoms with van der Waals surface area (Å²) in [4.78, 5) is 4.97. The lowest BCUT2D eigenvalue weighted by Gasteiger charge is -2.26. The maximum absolute atomic E-state index is 6.93. The van der Waals surface area contributed by atoms with E-state index in [4.69, 9.17) is 9.72 Å². The van der Waals surface area contributed by atoms with Gasteiger partial charge in [0.25, 0.3) is 6.33 Å². The zero-order valence-electron chi connectivity index (χ0n) is 35.9. The number of pyridine rings is 1. The van der Waals surface area contributed by atoms with E-state index in [1.54, 1.807) is 0 Å². The van der Waals surface area contributed by atoms with Gasteiger partial charge in [0, 0.05) is 34.6 Å². The molecular weight excluding hydrogens is 733 g/mol. The first kappa shape index (κ1) is 38.8. The Morgan fingerprint density at radius 2 is 1.22 bits per heavy atom. The van der Waals surface area contributed by atoms with Crippen molar-refractivity contribution >= 4 is 21.8 Å². The van der Waals surface area contributed by atoms with Gasteiger partial charge < -0.3 is 4.74 Å². The third-order valence-electron chi connectivity index (χ3n) is 11.8. The summed E-state index contributed by atoms with van der Waals surface area (Å²) >= 11 is 0. The van der Waals surface area contributed by atoms with Gasteiger partial charge in [-0.1, -0.05) is 146 Å². The summed E-state index contributed by atoms with van der Waals surface area (Å²) in [6.45, 7) is 18.0. The van der Waals surface area contributed by atoms with Crippen LogP contribution in [0.5, 0.6) is 11.5 Å². The second kappa shape index (κ2) is 14.8. The van der Waals surface area contributed by atoms with Crippen molar-refractivity contribution in [3.05, 3.63) is 199 Å². The van der Waals surface area contributed by atoms with Crippen molar-refractivity contribution in [2.75, 3.05) is 0 Å². The number of imidazole rings is 1. The average molecular weight is 785 g/mol. The van der Waals surface area contributed by atoms with Crippen LogP contribution in [-0.2, 0) is 16.2 Å². The van der Waals surface area contributed by atoms with Gasteiger partial charge in [-0.2, -0.15) is 0 Å². The van der Waals surface area contributed by atoms with Gasteiger partial charge in [-0.05, 0) is 99.3 Å². The minimum absolute atomic E-state index is 0.0759. The molecule has 0 aliphatic rings. The van der Waals surface area contributed by atoms with Gasteiger partial charge in [-0.25, -0.2) is 4.98 Å². The molecule has 0 aliphatic carbocycles. The summed E-state index contributed by atoms with van der Waals surface area (Å²) in [5.74, 6) is 2.35. The normalized spacial score (nSPS) is 12.3. The number of benzene rings is 6. The van der Waals surface area contributed by atoms with Crippen molar-refractivity contribution in [2.45, 2.75) is 71.6 Å². The van der Waals surface area contributed by atoms with Crippen molar-refractivity contribution in [2.24, 2.45) is 0 Å². The van der Waals surface area contributed by atoms with E-state index in [2.05, 4.69) is 239 Å². The van der Waals surface area contributed by atoms with Gasteiger partial charge in [0.05, 0.1) is 28.1 Å². The molecule has 3 aromatic heterocycles. The Labute approximate surface area is 354 Å². The highest BCUT2D eigenvalue weighted by molar-refractivity contribution is 6.09. The fraction of sp³-hybridized carbons (Fsp3) is 0.200. The van der Waals surface area contributed by atoms with Crippen LogP contribution >= 0.6 is 0 Å². The monoisotopic (exact) mass is 784 g/mol. The van der Waals surface area contributed by atoms with Gasteiger partial charge in [0.15, 0.2) is 0 Å². The molecule has 0 radical (unpaired) electrons. The summed E-state index contributed by atoms with van der Waals surface area (Å²) in [5.41, 5.74) is 10.9. The van der Waals surface area contributed by atoms with Crippen LogP contribution in [0.4, 0.5) is 0 Å². The van der Waals surface area contributed by atoms with Gasteiger partial charge in [0.1, 0.15) is 17.3 Å². The molecule has 6 aromatic carbocycles. The second-order valence-corrected chi connectivity index (χ2v) is 18.5. The molecule has 5 nitrogen and oxygen atoms in total. The number of rotatable bonds is 8. The minimum atomic E-state index is -0.215. The molecule has 0 saturated heterocycles. The van der Waals surface area contributed by atoms with Crippen LogP contribution in [0.25, 0.3) is 50.1 Å². The van der Waals surface area contributed by atoms with Crippen molar-refractivity contribution in [1.29, 1.82) is 0 Å². The predicted molar refractivity (Wildman–Crippen MR) is 246 cm³/mol. The molecular formula is C55H52N4O. The fourth-order valence-electron chi connectivity index (χ4n) is 8.27. The smallest absolute Gasteiger partial charge is 0.269 e. The Hall–Kier alpha value is -6.72. The highest BCUT2D eigenvalue weighted by Gasteiger charge is 2.26. The number of para-hydroxylation sites is 1. The summed E-state index contributed by atoms with van der Waals surface area (Å²) in [6.07, 6.45) is 7.85. The molecule has 0 amide bonds. The molecule has 0 fully saturated rings. The van der Waals surface area contributed by atoms with Crippen molar-refractivity contribution in [1.82, 2.24) is 14.1 Å². The number of fused-ring (bicyclic) bond motifs is 3. The Morgan fingerprint density at radius 1 is 0.533 bits per heavy atom. The van der Waals surface area contributed by atoms with Gasteiger partial charge in [0.2, 0.25) is 0 Å². The van der Waals surface area contributed by atoms with Crippen molar-refractivity contribution in [3.63, 3.8) is 0 Å². The topological polar surface area (TPSA) is 35.9 Å². The highest BCUT2D eigenvalue weighted by atomic mass is 16.5. The molecule has 0 spiro atoms. The van der Waals surface area contributed by atoms with Crippen molar-refractivity contribution < 1.29 is 9.30 Å². The maximum atomic E-state index is 6.93. The SMILES string of the molecule is CC(C)(C)c1ccc(-[n+]2[c-]n(-c3cc(Oc4ccc5c6ccccc6n(-c6cc(C(C)(C)c7ccccc7)ccn6)c5c4)cc(-c4ccccc4)c3)c(C(C)(C)C)c2)cc1. The number of aromatic nitrogens is 4. The third-order valence-corrected chi connectivity index (χ3v) is 11.8. The standard InChI is InChI=1S/C55H52N4O/c1-53(2,3)40-23-25-43(26-24-40)57-36-51(54(4,5)6)58(37-57)44-31-39(38-17-11-9-12-18-38)32-46(34-44)60-45-27-28-48-47-21-15-16-22-49(47)59(50(48)35-45)52-33-42(29-30-56-52)55(7,8)41-19-13-10-14-20-41/h9-36H,1-8H3. The number of hydrogen-bond donors (Lipinski definition) is 0. The molecule has 298 valence electrons. The maximum Gasteiger partial charge on any atom is 0.269 e. The van der Waals surface area contributed by atoms with Crippen LogP contribution in [-0.4, -0.2) is 14.1 Å². The lowest BCUT2D eigenvalue weighted by molar-refractivity contribution is -0.599. The van der Waals surface area contributed by atoms with Gasteiger partial charge >= 0.3 is 0 Å². The van der Waals surface area contributed by atoms with E-state index >= 15 is 0 Å². The predicted octanol–water partition coefficient (Wildman–Crippen LogP) is 13.4. The highest BCUT2D eigenvalue weighted by Crippen LogP contribution is 2.39. The fourth-order valence-corrected chi connectivity index (χ4v) is 8.27. The summed E-state index contributed by atoms with van der Waals surface area (Å²) < 4.78 is 13.5. The zero-order chi connectivity index (χ0) is 41.8. The molecule has 9 aromatic rings. The minimum Gasteiger partial charge on any atom is -0.458 e. The molecule has 5 heteroatoms. The van der Waals surface area contributed by atoms with E-state index in [9.17, 15) is 0 Å². The molecule has 9 rings (SSSR count). The summed E-state index contributed by atoms with van der Waals surface area (Å²) in [5, 5.41) is 2.31. The van der Waals surface area contributed by atoms with E-state index in [0.717, 1.165) is 61.9 Å². The zero-order valence-corrected chi connectivity index (χ0v) is 35.9. The molecule has 3 heterocycles. The first-order chi connectivity index (χ1) is 28.7. The van der Waals surface area contributed by atoms with Crippen molar-refractivity contribution in [3.8, 4) is 39.8 Å². The van der Waals surface area contributed by atoms with Crippen LogP contribution in [0.3, 0.4) is 0 Å². The lowest BCUT2D eigenvalue weighted by Crippen LogP contribution is -2.28. The van der Waals surface area contributed by atoms with E-state index in [-0.39, 0.29) is 16.2 Å². The number of ether oxygens (including phenoxy) is 1. The molecule has 0 N–H and O–H groups in total. The molecule has 0 aliphatic heterocycles. The third kappa shape index (κ3) is 7.30. The number of nitrogens with zero attached hydrogens (tertiary/aromatic N) is 4. The molecule has 0 bridgehead atoms. The average Bonchev–Trinajstić information content (AvgIpc) is 3.85. The van der Waals surface area contributed by atoms with E-state index in [1.165, 1.54) is 22.1 Å². The van der Waals surface area contributed by atoms with Gasteiger partial charge in [-0.15, -0.1) is 0 Å². The molecule has 0 atom stereocenters. The molecule has 0 unspecified atom stereocenters. The second-order valence-electron chi connectivity index (χ2n) is 18.5. The first-order valence-electron chi connectivity index (χ1n) is 20.9. The molecule has 0 saturated carbocycles. The Bertz CT molecular complexity index is 2980. The Balaban J connectivity index is 1.16. The van der Waals surface area contributed by atoms with E-state index in [0.29, 0.717) is 0 Å². The number of hydrogen-bond acceptors (Lipinski definition) is 2. The Kier molecular flexibility index (Phi) is 9.59. The lowest BCUT2D eigenvalue weighted by atomic mass is 9.78. The summed E-state index contributed by atoms with van der Waals surface area (Å²) in [7, 11) is 0. The van der Waals surface area contributed by atoms with Crippen LogP contribution in [0.2, 0.25) is 0 Å². The van der Waals surface area contributed by atoms with E-state index < -0.39 is 0 Å². The first-order valence-corrected chi connectivity index (χ1v) is 20.9. The van der Waals surface area contributed by atoms with Crippen LogP contribution in [0, 0.1) is 6.33 Å². The van der Waals surface area contributed by atoms with E-state index in [1.807, 2.05) is 6.20 Å². The Morgan fingerprint density at radius 3 is 1.93 bits per heavy atom. The van der Waals surface area contributed by atoms with Crippen LogP contribution in [0.1, 0.15) is 77.8 Å². The van der Waals surface area contributed by atoms with Crippen LogP contribution < -0.4 is 9.30 Å². The molecule has 60 heavy (non-hydrogen) atoms. The largest absolute Gasteiger partial charge is 0.458 e. The van der Waals surface area contributed by atoms with Gasteiger partial charge in [-0.3, -0.25) is 13.7 Å². The quantitative estimate of drug-likeness (QED) is 0.114. The summed E-state index contributed by atoms with van der Waals surface area (Å²) in [6, 6.07) is 55.8. The van der Waals surface area contributed by atoms with Crippen LogP contribution in [0.15, 0.2) is 170 Å².